The maximum Gasteiger partial charge on any atom is 0.222 e. The lowest BCUT2D eigenvalue weighted by Crippen LogP contribution is -2.46. The molecule has 0 fully saturated rings. The minimum Gasteiger partial charge on any atom is -0.351 e. The molecular formula is C11H25N3O. The summed E-state index contributed by atoms with van der Waals surface area (Å²) in [5.74, 6) is 0.0678. The average molecular weight is 215 g/mol. The Balaban J connectivity index is 4.13. The lowest BCUT2D eigenvalue weighted by molar-refractivity contribution is -0.123. The third-order valence-corrected chi connectivity index (χ3v) is 2.33. The van der Waals surface area contributed by atoms with E-state index in [1.807, 2.05) is 27.8 Å². The van der Waals surface area contributed by atoms with Crippen LogP contribution in [-0.2, 0) is 4.79 Å². The summed E-state index contributed by atoms with van der Waals surface area (Å²) in [4.78, 5) is 13.8. The van der Waals surface area contributed by atoms with E-state index in [0.717, 1.165) is 6.54 Å². The van der Waals surface area contributed by atoms with Crippen molar-refractivity contribution in [3.05, 3.63) is 0 Å². The van der Waals surface area contributed by atoms with Gasteiger partial charge in [0.05, 0.1) is 0 Å². The summed E-state index contributed by atoms with van der Waals surface area (Å²) in [7, 11) is 1.99. The van der Waals surface area contributed by atoms with Gasteiger partial charge in [0, 0.05) is 24.5 Å². The van der Waals surface area contributed by atoms with Crippen LogP contribution >= 0.6 is 0 Å². The maximum absolute atomic E-state index is 11.7. The second kappa shape index (κ2) is 6.08. The number of carbonyl (C=O) groups excluding carboxylic acids is 1. The Morgan fingerprint density at radius 2 is 2.00 bits per heavy atom. The largest absolute Gasteiger partial charge is 0.351 e. The summed E-state index contributed by atoms with van der Waals surface area (Å²) in [6, 6.07) is 0.136. The molecule has 0 saturated heterocycles. The summed E-state index contributed by atoms with van der Waals surface area (Å²) >= 11 is 0. The Hall–Kier alpha value is -0.610. The van der Waals surface area contributed by atoms with Crippen molar-refractivity contribution in [2.45, 2.75) is 45.7 Å². The molecule has 90 valence electrons. The minimum atomic E-state index is -0.166. The van der Waals surface area contributed by atoms with Crippen molar-refractivity contribution in [2.24, 2.45) is 5.73 Å². The molecule has 3 N–H and O–H groups in total. The summed E-state index contributed by atoms with van der Waals surface area (Å²) in [5, 5.41) is 2.94. The monoisotopic (exact) mass is 215 g/mol. The highest BCUT2D eigenvalue weighted by atomic mass is 16.1. The molecule has 1 amide bonds. The molecule has 4 nitrogen and oxygen atoms in total. The molecule has 0 aliphatic heterocycles. The van der Waals surface area contributed by atoms with Crippen LogP contribution in [0.3, 0.4) is 0 Å². The van der Waals surface area contributed by atoms with Crippen molar-refractivity contribution in [3.63, 3.8) is 0 Å². The van der Waals surface area contributed by atoms with E-state index in [-0.39, 0.29) is 17.5 Å². The van der Waals surface area contributed by atoms with Gasteiger partial charge in [0.25, 0.3) is 0 Å². The molecule has 0 spiro atoms. The molecule has 0 rings (SSSR count). The Labute approximate surface area is 93.2 Å². The number of rotatable bonds is 5. The van der Waals surface area contributed by atoms with E-state index in [2.05, 4.69) is 17.1 Å². The van der Waals surface area contributed by atoms with Crippen molar-refractivity contribution in [2.75, 3.05) is 20.1 Å². The van der Waals surface area contributed by atoms with Crippen LogP contribution in [0, 0.1) is 0 Å². The molecule has 0 bridgehead atoms. The zero-order valence-corrected chi connectivity index (χ0v) is 10.6. The fourth-order valence-electron chi connectivity index (χ4n) is 1.36. The molecule has 0 aromatic rings. The maximum atomic E-state index is 11.7. The molecule has 0 heterocycles. The van der Waals surface area contributed by atoms with Gasteiger partial charge in [-0.2, -0.15) is 0 Å². The van der Waals surface area contributed by atoms with E-state index >= 15 is 0 Å². The number of hydrogen-bond acceptors (Lipinski definition) is 3. The summed E-state index contributed by atoms with van der Waals surface area (Å²) in [5.41, 5.74) is 5.47. The molecule has 0 radical (unpaired) electrons. The fourth-order valence-corrected chi connectivity index (χ4v) is 1.36. The van der Waals surface area contributed by atoms with Gasteiger partial charge in [-0.3, -0.25) is 4.79 Å². The lowest BCUT2D eigenvalue weighted by atomic mass is 10.1. The molecule has 0 aromatic heterocycles. The van der Waals surface area contributed by atoms with E-state index in [1.54, 1.807) is 0 Å². The van der Waals surface area contributed by atoms with Crippen LogP contribution < -0.4 is 11.1 Å². The van der Waals surface area contributed by atoms with Gasteiger partial charge in [0.1, 0.15) is 0 Å². The van der Waals surface area contributed by atoms with Crippen LogP contribution in [0.15, 0.2) is 0 Å². The first-order valence-electron chi connectivity index (χ1n) is 5.51. The quantitative estimate of drug-likeness (QED) is 0.705. The van der Waals surface area contributed by atoms with Gasteiger partial charge >= 0.3 is 0 Å². The highest BCUT2D eigenvalue weighted by Gasteiger charge is 2.19. The van der Waals surface area contributed by atoms with E-state index in [1.165, 1.54) is 0 Å². The number of nitrogens with zero attached hydrogens (tertiary/aromatic N) is 1. The first-order valence-corrected chi connectivity index (χ1v) is 5.51. The number of amides is 1. The average Bonchev–Trinajstić information content (AvgIpc) is 2.10. The van der Waals surface area contributed by atoms with Gasteiger partial charge in [-0.1, -0.05) is 6.92 Å². The van der Waals surface area contributed by atoms with Crippen LogP contribution in [0.25, 0.3) is 0 Å². The van der Waals surface area contributed by atoms with E-state index in [4.69, 9.17) is 5.73 Å². The minimum absolute atomic E-state index is 0.0678. The molecular weight excluding hydrogens is 190 g/mol. The van der Waals surface area contributed by atoms with Gasteiger partial charge in [-0.25, -0.2) is 0 Å². The zero-order chi connectivity index (χ0) is 12.1. The highest BCUT2D eigenvalue weighted by molar-refractivity contribution is 5.77. The number of nitrogens with two attached hydrogens (primary N) is 1. The molecule has 1 unspecified atom stereocenters. The van der Waals surface area contributed by atoms with Crippen LogP contribution in [0.2, 0.25) is 0 Å². The van der Waals surface area contributed by atoms with E-state index in [9.17, 15) is 4.79 Å². The predicted octanol–water partition coefficient (Wildman–Crippen LogP) is 0.570. The first kappa shape index (κ1) is 14.4. The summed E-state index contributed by atoms with van der Waals surface area (Å²) < 4.78 is 0. The van der Waals surface area contributed by atoms with Gasteiger partial charge in [-0.05, 0) is 34.4 Å². The van der Waals surface area contributed by atoms with Crippen molar-refractivity contribution in [1.29, 1.82) is 0 Å². The van der Waals surface area contributed by atoms with Crippen molar-refractivity contribution in [3.8, 4) is 0 Å². The topological polar surface area (TPSA) is 58.4 Å². The van der Waals surface area contributed by atoms with Crippen LogP contribution in [0.5, 0.6) is 0 Å². The lowest BCUT2D eigenvalue weighted by Gasteiger charge is -2.27. The molecule has 4 heteroatoms. The standard InChI is InChI=1S/C11H25N3O/c1-6-14(5)9(8-12)7-10(15)13-11(2,3)4/h9H,6-8,12H2,1-5H3,(H,13,15). The Kier molecular flexibility index (Phi) is 5.83. The molecule has 1 atom stereocenters. The van der Waals surface area contributed by atoms with Gasteiger partial charge in [-0.15, -0.1) is 0 Å². The zero-order valence-electron chi connectivity index (χ0n) is 10.6. The van der Waals surface area contributed by atoms with Crippen molar-refractivity contribution < 1.29 is 4.79 Å². The second-order valence-electron chi connectivity index (χ2n) is 4.97. The Morgan fingerprint density at radius 1 is 1.47 bits per heavy atom. The van der Waals surface area contributed by atoms with E-state index < -0.39 is 0 Å². The predicted molar refractivity (Wildman–Crippen MR) is 63.7 cm³/mol. The van der Waals surface area contributed by atoms with Gasteiger partial charge < -0.3 is 16.0 Å². The first-order chi connectivity index (χ1) is 6.80. The number of carbonyl (C=O) groups is 1. The fraction of sp³-hybridized carbons (Fsp3) is 0.909. The molecule has 0 aromatic carbocycles. The number of likely N-dealkylation sites (N-methyl/N-ethyl adjacent to an activating group) is 1. The normalized spacial score (nSPS) is 14.1. The molecule has 0 aliphatic carbocycles. The number of nitrogens with one attached hydrogen (secondary N) is 1. The third kappa shape index (κ3) is 6.47. The molecule has 0 saturated carbocycles. The van der Waals surface area contributed by atoms with Crippen LogP contribution in [0.1, 0.15) is 34.1 Å². The third-order valence-electron chi connectivity index (χ3n) is 2.33. The highest BCUT2D eigenvalue weighted by Crippen LogP contribution is 2.04. The molecule has 15 heavy (non-hydrogen) atoms. The molecule has 0 aliphatic rings. The van der Waals surface area contributed by atoms with Crippen LogP contribution in [0.4, 0.5) is 0 Å². The van der Waals surface area contributed by atoms with E-state index in [0.29, 0.717) is 13.0 Å². The summed E-state index contributed by atoms with van der Waals surface area (Å²) in [6.07, 6.45) is 0.470. The second-order valence-corrected chi connectivity index (χ2v) is 4.97. The van der Waals surface area contributed by atoms with Crippen molar-refractivity contribution >= 4 is 5.91 Å². The SMILES string of the molecule is CCN(C)C(CN)CC(=O)NC(C)(C)C. The summed E-state index contributed by atoms with van der Waals surface area (Å²) in [6.45, 7) is 9.42. The Bertz CT molecular complexity index is 198. The van der Waals surface area contributed by atoms with Gasteiger partial charge in [0.15, 0.2) is 0 Å². The van der Waals surface area contributed by atoms with Crippen LogP contribution in [-0.4, -0.2) is 42.5 Å². The van der Waals surface area contributed by atoms with Gasteiger partial charge in [0.2, 0.25) is 5.91 Å². The number of hydrogen-bond donors (Lipinski definition) is 2. The Morgan fingerprint density at radius 3 is 2.33 bits per heavy atom. The van der Waals surface area contributed by atoms with Crippen molar-refractivity contribution in [1.82, 2.24) is 10.2 Å². The smallest absolute Gasteiger partial charge is 0.222 e.